The third-order valence-corrected chi connectivity index (χ3v) is 3.84. The van der Waals surface area contributed by atoms with Gasteiger partial charge in [0.1, 0.15) is 0 Å². The molecule has 0 aromatic carbocycles. The van der Waals surface area contributed by atoms with E-state index in [0.29, 0.717) is 23.9 Å². The van der Waals surface area contributed by atoms with Crippen molar-refractivity contribution in [2.75, 3.05) is 27.2 Å². The van der Waals surface area contributed by atoms with Crippen LogP contribution in [0.2, 0.25) is 0 Å². The third-order valence-electron chi connectivity index (χ3n) is 2.93. The van der Waals surface area contributed by atoms with Crippen molar-refractivity contribution in [1.82, 2.24) is 20.5 Å². The van der Waals surface area contributed by atoms with Gasteiger partial charge in [0, 0.05) is 38.0 Å². The number of carbonyl (C=O) groups is 1. The Hall–Kier alpha value is -1.84. The number of thiazole rings is 1. The highest BCUT2D eigenvalue weighted by atomic mass is 32.1. The summed E-state index contributed by atoms with van der Waals surface area (Å²) in [7, 11) is 3.29. The third kappa shape index (κ3) is 7.72. The van der Waals surface area contributed by atoms with Crippen LogP contribution in [0.5, 0.6) is 0 Å². The van der Waals surface area contributed by atoms with E-state index in [0.717, 1.165) is 16.7 Å². The second kappa shape index (κ2) is 8.50. The average Bonchev–Trinajstić information content (AvgIpc) is 2.90. The minimum absolute atomic E-state index is 0.117. The van der Waals surface area contributed by atoms with Crippen LogP contribution in [-0.2, 0) is 17.4 Å². The van der Waals surface area contributed by atoms with Crippen molar-refractivity contribution in [3.8, 4) is 0 Å². The van der Waals surface area contributed by atoms with E-state index in [1.54, 1.807) is 19.0 Å². The lowest BCUT2D eigenvalue weighted by molar-refractivity contribution is -0.140. The van der Waals surface area contributed by atoms with E-state index in [1.165, 1.54) is 0 Å². The summed E-state index contributed by atoms with van der Waals surface area (Å²) in [5.41, 5.74) is -1.19. The minimum atomic E-state index is -4.42. The Morgan fingerprint density at radius 1 is 1.36 bits per heavy atom. The SMILES string of the molecule is CN=C(NCCc1nc(C(F)(F)F)cs1)N(C)CC(=O)NC(C)(C)C. The lowest BCUT2D eigenvalue weighted by Crippen LogP contribution is -2.49. The summed E-state index contributed by atoms with van der Waals surface area (Å²) in [5, 5.41) is 7.26. The van der Waals surface area contributed by atoms with E-state index in [1.807, 2.05) is 20.8 Å². The van der Waals surface area contributed by atoms with Crippen LogP contribution in [-0.4, -0.2) is 54.5 Å². The molecule has 10 heteroatoms. The molecule has 1 aromatic rings. The van der Waals surface area contributed by atoms with Crippen LogP contribution in [0.3, 0.4) is 0 Å². The highest BCUT2D eigenvalue weighted by Gasteiger charge is 2.33. The molecule has 0 saturated heterocycles. The van der Waals surface area contributed by atoms with E-state index < -0.39 is 11.9 Å². The smallest absolute Gasteiger partial charge is 0.356 e. The van der Waals surface area contributed by atoms with E-state index in [4.69, 9.17) is 0 Å². The molecule has 0 saturated carbocycles. The van der Waals surface area contributed by atoms with Crippen LogP contribution < -0.4 is 10.6 Å². The Morgan fingerprint density at radius 3 is 2.48 bits per heavy atom. The molecule has 1 aromatic heterocycles. The molecule has 0 atom stereocenters. The molecule has 25 heavy (non-hydrogen) atoms. The van der Waals surface area contributed by atoms with Gasteiger partial charge in [-0.25, -0.2) is 4.98 Å². The first-order valence-electron chi connectivity index (χ1n) is 7.67. The molecular weight excluding hydrogens is 355 g/mol. The number of hydrogen-bond acceptors (Lipinski definition) is 4. The number of aliphatic imine (C=N–C) groups is 1. The maximum absolute atomic E-state index is 12.5. The lowest BCUT2D eigenvalue weighted by Gasteiger charge is -2.25. The molecule has 0 aliphatic rings. The van der Waals surface area contributed by atoms with Crippen molar-refractivity contribution in [3.63, 3.8) is 0 Å². The second-order valence-electron chi connectivity index (χ2n) is 6.50. The number of carbonyl (C=O) groups excluding carboxylic acids is 1. The molecule has 0 aliphatic carbocycles. The standard InChI is InChI=1S/C15H24F3N5OS/c1-14(2,3)22-11(24)8-23(5)13(19-4)20-7-6-12-21-10(9-25-12)15(16,17)18/h9H,6-8H2,1-5H3,(H,19,20)(H,22,24). The fraction of sp³-hybridized carbons (Fsp3) is 0.667. The average molecular weight is 379 g/mol. The number of guanidine groups is 1. The van der Waals surface area contributed by atoms with Gasteiger partial charge in [0.2, 0.25) is 5.91 Å². The van der Waals surface area contributed by atoms with Gasteiger partial charge in [-0.15, -0.1) is 11.3 Å². The number of likely N-dealkylation sites (N-methyl/N-ethyl adjacent to an activating group) is 1. The van der Waals surface area contributed by atoms with Crippen molar-refractivity contribution in [3.05, 3.63) is 16.1 Å². The van der Waals surface area contributed by atoms with E-state index in [9.17, 15) is 18.0 Å². The number of aromatic nitrogens is 1. The fourth-order valence-electron chi connectivity index (χ4n) is 1.97. The number of halogens is 3. The van der Waals surface area contributed by atoms with E-state index in [2.05, 4.69) is 20.6 Å². The Morgan fingerprint density at radius 2 is 2.00 bits per heavy atom. The Balaban J connectivity index is 2.48. The molecular formula is C15H24F3N5OS. The summed E-state index contributed by atoms with van der Waals surface area (Å²) in [6, 6.07) is 0. The van der Waals surface area contributed by atoms with Crippen LogP contribution in [0.25, 0.3) is 0 Å². The monoisotopic (exact) mass is 379 g/mol. The van der Waals surface area contributed by atoms with Gasteiger partial charge in [-0.3, -0.25) is 9.79 Å². The van der Waals surface area contributed by atoms with Gasteiger partial charge in [-0.05, 0) is 20.8 Å². The van der Waals surface area contributed by atoms with Gasteiger partial charge in [-0.2, -0.15) is 13.2 Å². The number of hydrogen-bond donors (Lipinski definition) is 2. The van der Waals surface area contributed by atoms with Gasteiger partial charge in [-0.1, -0.05) is 0 Å². The summed E-state index contributed by atoms with van der Waals surface area (Å²) < 4.78 is 37.5. The number of alkyl halides is 3. The summed E-state index contributed by atoms with van der Waals surface area (Å²) >= 11 is 0.972. The summed E-state index contributed by atoms with van der Waals surface area (Å²) in [5.74, 6) is 0.337. The van der Waals surface area contributed by atoms with E-state index >= 15 is 0 Å². The van der Waals surface area contributed by atoms with Crippen molar-refractivity contribution in [2.24, 2.45) is 4.99 Å². The van der Waals surface area contributed by atoms with Crippen LogP contribution in [0.4, 0.5) is 13.2 Å². The molecule has 6 nitrogen and oxygen atoms in total. The number of nitrogens with zero attached hydrogens (tertiary/aromatic N) is 3. The first-order valence-corrected chi connectivity index (χ1v) is 8.54. The van der Waals surface area contributed by atoms with Gasteiger partial charge < -0.3 is 15.5 Å². The first kappa shape index (κ1) is 21.2. The summed E-state index contributed by atoms with van der Waals surface area (Å²) in [6.07, 6.45) is -4.08. The molecule has 142 valence electrons. The molecule has 1 amide bonds. The molecule has 0 unspecified atom stereocenters. The number of rotatable bonds is 5. The van der Waals surface area contributed by atoms with Crippen LogP contribution >= 0.6 is 11.3 Å². The topological polar surface area (TPSA) is 69.6 Å². The normalized spacial score (nSPS) is 12.9. The van der Waals surface area contributed by atoms with Crippen LogP contribution in [0, 0.1) is 0 Å². The lowest BCUT2D eigenvalue weighted by atomic mass is 10.1. The highest BCUT2D eigenvalue weighted by Crippen LogP contribution is 2.29. The first-order chi connectivity index (χ1) is 11.4. The minimum Gasteiger partial charge on any atom is -0.356 e. The molecule has 1 rings (SSSR count). The summed E-state index contributed by atoms with van der Waals surface area (Å²) in [4.78, 5) is 21.2. The zero-order valence-corrected chi connectivity index (χ0v) is 15.8. The Bertz CT molecular complexity index is 607. The van der Waals surface area contributed by atoms with Crippen molar-refractivity contribution in [1.29, 1.82) is 0 Å². The zero-order chi connectivity index (χ0) is 19.3. The predicted octanol–water partition coefficient (Wildman–Crippen LogP) is 2.13. The van der Waals surface area contributed by atoms with Crippen molar-refractivity contribution in [2.45, 2.75) is 38.9 Å². The van der Waals surface area contributed by atoms with Crippen molar-refractivity contribution >= 4 is 23.2 Å². The molecule has 0 aliphatic heterocycles. The van der Waals surface area contributed by atoms with Gasteiger partial charge in [0.05, 0.1) is 11.6 Å². The largest absolute Gasteiger partial charge is 0.434 e. The number of nitrogens with one attached hydrogen (secondary N) is 2. The van der Waals surface area contributed by atoms with Gasteiger partial charge >= 0.3 is 6.18 Å². The molecule has 0 radical (unpaired) electrons. The Labute approximate surface area is 149 Å². The fourth-order valence-corrected chi connectivity index (χ4v) is 2.77. The van der Waals surface area contributed by atoms with Gasteiger partial charge in [0.15, 0.2) is 11.7 Å². The highest BCUT2D eigenvalue weighted by molar-refractivity contribution is 7.09. The predicted molar refractivity (Wildman–Crippen MR) is 92.7 cm³/mol. The summed E-state index contributed by atoms with van der Waals surface area (Å²) in [6.45, 7) is 6.15. The van der Waals surface area contributed by atoms with Crippen LogP contribution in [0.15, 0.2) is 10.4 Å². The van der Waals surface area contributed by atoms with Crippen molar-refractivity contribution < 1.29 is 18.0 Å². The maximum Gasteiger partial charge on any atom is 0.434 e. The zero-order valence-electron chi connectivity index (χ0n) is 15.0. The molecule has 0 fully saturated rings. The molecule has 0 bridgehead atoms. The Kier molecular flexibility index (Phi) is 7.21. The van der Waals surface area contributed by atoms with Gasteiger partial charge in [0.25, 0.3) is 0 Å². The molecule has 1 heterocycles. The maximum atomic E-state index is 12.5. The van der Waals surface area contributed by atoms with Crippen LogP contribution in [0.1, 0.15) is 31.5 Å². The molecule has 0 spiro atoms. The quantitative estimate of drug-likeness (QED) is 0.607. The van der Waals surface area contributed by atoms with E-state index in [-0.39, 0.29) is 18.0 Å². The molecule has 2 N–H and O–H groups in total. The second-order valence-corrected chi connectivity index (χ2v) is 7.45. The number of amides is 1.